The van der Waals surface area contributed by atoms with E-state index >= 15 is 0 Å². The standard InChI is InChI=1S/C10H12N2O4/c1-12(6-9(13)14)10(15)16-7-8-4-2-3-5-11-8/h2-5H,6-7H2,1H3,(H,13,14). The second-order valence-corrected chi connectivity index (χ2v) is 3.13. The number of aliphatic carboxylic acids is 1. The summed E-state index contributed by atoms with van der Waals surface area (Å²) in [5.74, 6) is -1.09. The molecule has 6 heteroatoms. The summed E-state index contributed by atoms with van der Waals surface area (Å²) in [5.41, 5.74) is 0.611. The number of nitrogens with zero attached hydrogens (tertiary/aromatic N) is 2. The van der Waals surface area contributed by atoms with E-state index in [9.17, 15) is 9.59 Å². The molecule has 86 valence electrons. The molecule has 0 aliphatic heterocycles. The number of carboxylic acids is 1. The van der Waals surface area contributed by atoms with E-state index in [-0.39, 0.29) is 13.2 Å². The number of carbonyl (C=O) groups is 2. The molecule has 1 N–H and O–H groups in total. The Hall–Kier alpha value is -2.11. The van der Waals surface area contributed by atoms with Gasteiger partial charge < -0.3 is 14.7 Å². The van der Waals surface area contributed by atoms with Crippen LogP contribution in [-0.4, -0.2) is 40.6 Å². The Balaban J connectivity index is 2.38. The number of hydrogen-bond acceptors (Lipinski definition) is 4. The molecule has 0 saturated heterocycles. The number of carbonyl (C=O) groups excluding carboxylic acids is 1. The lowest BCUT2D eigenvalue weighted by Gasteiger charge is -2.13. The van der Waals surface area contributed by atoms with Crippen LogP contribution in [0.5, 0.6) is 0 Å². The van der Waals surface area contributed by atoms with Crippen molar-refractivity contribution in [3.63, 3.8) is 0 Å². The van der Waals surface area contributed by atoms with Crippen molar-refractivity contribution in [3.8, 4) is 0 Å². The van der Waals surface area contributed by atoms with E-state index in [1.54, 1.807) is 24.4 Å². The molecule has 0 unspecified atom stereocenters. The van der Waals surface area contributed by atoms with E-state index < -0.39 is 12.1 Å². The van der Waals surface area contributed by atoms with Gasteiger partial charge in [0.05, 0.1) is 5.69 Å². The Morgan fingerprint density at radius 2 is 2.25 bits per heavy atom. The van der Waals surface area contributed by atoms with Crippen molar-refractivity contribution in [1.29, 1.82) is 0 Å². The van der Waals surface area contributed by atoms with E-state index in [1.165, 1.54) is 7.05 Å². The molecule has 16 heavy (non-hydrogen) atoms. The second-order valence-electron chi connectivity index (χ2n) is 3.13. The number of amides is 1. The molecule has 0 aliphatic rings. The summed E-state index contributed by atoms with van der Waals surface area (Å²) >= 11 is 0. The van der Waals surface area contributed by atoms with Gasteiger partial charge in [0, 0.05) is 13.2 Å². The van der Waals surface area contributed by atoms with Gasteiger partial charge in [0.2, 0.25) is 0 Å². The molecule has 1 aromatic rings. The number of rotatable bonds is 4. The van der Waals surface area contributed by atoms with Crippen LogP contribution in [0, 0.1) is 0 Å². The molecule has 0 radical (unpaired) electrons. The van der Waals surface area contributed by atoms with Crippen LogP contribution in [0.3, 0.4) is 0 Å². The summed E-state index contributed by atoms with van der Waals surface area (Å²) < 4.78 is 4.85. The highest BCUT2D eigenvalue weighted by Gasteiger charge is 2.13. The summed E-state index contributed by atoms with van der Waals surface area (Å²) in [5, 5.41) is 8.46. The maximum atomic E-state index is 11.3. The first-order valence-electron chi connectivity index (χ1n) is 4.59. The minimum atomic E-state index is -1.09. The highest BCUT2D eigenvalue weighted by Crippen LogP contribution is 1.98. The molecular weight excluding hydrogens is 212 g/mol. The Labute approximate surface area is 92.5 Å². The summed E-state index contributed by atoms with van der Waals surface area (Å²) in [4.78, 5) is 26.5. The van der Waals surface area contributed by atoms with E-state index in [0.29, 0.717) is 5.69 Å². The summed E-state index contributed by atoms with van der Waals surface area (Å²) in [6, 6.07) is 5.24. The Bertz CT molecular complexity index is 366. The fraction of sp³-hybridized carbons (Fsp3) is 0.300. The monoisotopic (exact) mass is 224 g/mol. The first-order valence-corrected chi connectivity index (χ1v) is 4.59. The smallest absolute Gasteiger partial charge is 0.410 e. The summed E-state index contributed by atoms with van der Waals surface area (Å²) in [6.07, 6.45) is 0.900. The zero-order valence-electron chi connectivity index (χ0n) is 8.79. The predicted octanol–water partition coefficient (Wildman–Crippen LogP) is 0.735. The van der Waals surface area contributed by atoms with Crippen LogP contribution in [-0.2, 0) is 16.1 Å². The van der Waals surface area contributed by atoms with Gasteiger partial charge >= 0.3 is 12.1 Å². The predicted molar refractivity (Wildman–Crippen MR) is 54.7 cm³/mol. The second kappa shape index (κ2) is 5.69. The Kier molecular flexibility index (Phi) is 4.26. The lowest BCUT2D eigenvalue weighted by molar-refractivity contribution is -0.137. The number of pyridine rings is 1. The molecule has 1 amide bonds. The van der Waals surface area contributed by atoms with Gasteiger partial charge in [0.1, 0.15) is 13.2 Å². The largest absolute Gasteiger partial charge is 0.480 e. The topological polar surface area (TPSA) is 79.7 Å². The van der Waals surface area contributed by atoms with Gasteiger partial charge in [-0.1, -0.05) is 6.07 Å². The van der Waals surface area contributed by atoms with Crippen molar-refractivity contribution >= 4 is 12.1 Å². The molecule has 0 spiro atoms. The van der Waals surface area contributed by atoms with Crippen molar-refractivity contribution in [1.82, 2.24) is 9.88 Å². The minimum Gasteiger partial charge on any atom is -0.480 e. The van der Waals surface area contributed by atoms with Crippen LogP contribution in [0.4, 0.5) is 4.79 Å². The molecule has 0 bridgehead atoms. The van der Waals surface area contributed by atoms with Crippen molar-refractivity contribution in [2.75, 3.05) is 13.6 Å². The quantitative estimate of drug-likeness (QED) is 0.815. The summed E-state index contributed by atoms with van der Waals surface area (Å²) in [7, 11) is 1.36. The van der Waals surface area contributed by atoms with Crippen molar-refractivity contribution in [2.24, 2.45) is 0 Å². The van der Waals surface area contributed by atoms with E-state index in [4.69, 9.17) is 9.84 Å². The van der Waals surface area contributed by atoms with Gasteiger partial charge in [-0.25, -0.2) is 4.79 Å². The van der Waals surface area contributed by atoms with Gasteiger partial charge in [-0.2, -0.15) is 0 Å². The molecule has 1 rings (SSSR count). The minimum absolute atomic E-state index is 0.0314. The zero-order valence-corrected chi connectivity index (χ0v) is 8.79. The van der Waals surface area contributed by atoms with Gasteiger partial charge in [-0.15, -0.1) is 0 Å². The fourth-order valence-corrected chi connectivity index (χ4v) is 0.997. The van der Waals surface area contributed by atoms with E-state index in [2.05, 4.69) is 4.98 Å². The van der Waals surface area contributed by atoms with Crippen LogP contribution < -0.4 is 0 Å². The fourth-order valence-electron chi connectivity index (χ4n) is 0.997. The van der Waals surface area contributed by atoms with E-state index in [0.717, 1.165) is 4.90 Å². The maximum Gasteiger partial charge on any atom is 0.410 e. The number of ether oxygens (including phenoxy) is 1. The number of carboxylic acid groups (broad SMARTS) is 1. The molecule has 1 aromatic heterocycles. The Morgan fingerprint density at radius 1 is 1.50 bits per heavy atom. The number of aromatic nitrogens is 1. The average molecular weight is 224 g/mol. The molecule has 0 fully saturated rings. The van der Waals surface area contributed by atoms with E-state index in [1.807, 2.05) is 0 Å². The SMILES string of the molecule is CN(CC(=O)O)C(=O)OCc1ccccn1. The molecule has 6 nitrogen and oxygen atoms in total. The number of likely N-dealkylation sites (N-methyl/N-ethyl adjacent to an activating group) is 1. The van der Waals surface area contributed by atoms with Crippen molar-refractivity contribution < 1.29 is 19.4 Å². The summed E-state index contributed by atoms with van der Waals surface area (Å²) in [6.45, 7) is -0.356. The van der Waals surface area contributed by atoms with Crippen LogP contribution in [0.25, 0.3) is 0 Å². The highest BCUT2D eigenvalue weighted by molar-refractivity contribution is 5.76. The first kappa shape index (κ1) is 12.0. The molecule has 0 aromatic carbocycles. The molecule has 0 aliphatic carbocycles. The van der Waals surface area contributed by atoms with Crippen LogP contribution in [0.15, 0.2) is 24.4 Å². The van der Waals surface area contributed by atoms with Gasteiger partial charge in [-0.05, 0) is 12.1 Å². The van der Waals surface area contributed by atoms with Crippen LogP contribution in [0.2, 0.25) is 0 Å². The Morgan fingerprint density at radius 3 is 2.81 bits per heavy atom. The van der Waals surface area contributed by atoms with Crippen LogP contribution in [0.1, 0.15) is 5.69 Å². The zero-order chi connectivity index (χ0) is 12.0. The average Bonchev–Trinajstić information content (AvgIpc) is 2.26. The molecular formula is C10H12N2O4. The van der Waals surface area contributed by atoms with Crippen molar-refractivity contribution in [3.05, 3.63) is 30.1 Å². The van der Waals surface area contributed by atoms with Gasteiger partial charge in [0.25, 0.3) is 0 Å². The molecule has 0 atom stereocenters. The molecule has 1 heterocycles. The number of hydrogen-bond donors (Lipinski definition) is 1. The first-order chi connectivity index (χ1) is 7.59. The maximum absolute atomic E-state index is 11.3. The van der Waals surface area contributed by atoms with Gasteiger partial charge in [0.15, 0.2) is 0 Å². The molecule has 0 saturated carbocycles. The van der Waals surface area contributed by atoms with Crippen LogP contribution >= 0.6 is 0 Å². The van der Waals surface area contributed by atoms with Crippen molar-refractivity contribution in [2.45, 2.75) is 6.61 Å². The third kappa shape index (κ3) is 3.95. The van der Waals surface area contributed by atoms with Gasteiger partial charge in [-0.3, -0.25) is 9.78 Å². The normalized spacial score (nSPS) is 9.56. The third-order valence-electron chi connectivity index (χ3n) is 1.75. The lowest BCUT2D eigenvalue weighted by Crippen LogP contribution is -2.32. The highest BCUT2D eigenvalue weighted by atomic mass is 16.6. The lowest BCUT2D eigenvalue weighted by atomic mass is 10.4. The third-order valence-corrected chi connectivity index (χ3v) is 1.75.